The van der Waals surface area contributed by atoms with Crippen LogP contribution in [0.1, 0.15) is 5.56 Å². The van der Waals surface area contributed by atoms with Crippen LogP contribution in [0.3, 0.4) is 0 Å². The Labute approximate surface area is 113 Å². The summed E-state index contributed by atoms with van der Waals surface area (Å²) in [4.78, 5) is 17.9. The van der Waals surface area contributed by atoms with Crippen LogP contribution in [0.25, 0.3) is 0 Å². The number of anilines is 1. The second kappa shape index (κ2) is 5.07. The maximum atomic E-state index is 10.8. The van der Waals surface area contributed by atoms with Crippen molar-refractivity contribution in [3.8, 4) is 11.6 Å². The van der Waals surface area contributed by atoms with E-state index in [1.807, 2.05) is 0 Å². The van der Waals surface area contributed by atoms with Gasteiger partial charge >= 0.3 is 0 Å². The molecule has 0 aliphatic carbocycles. The van der Waals surface area contributed by atoms with Crippen molar-refractivity contribution >= 4 is 23.2 Å². The van der Waals surface area contributed by atoms with Gasteiger partial charge in [-0.05, 0) is 13.0 Å². The van der Waals surface area contributed by atoms with Gasteiger partial charge in [0.25, 0.3) is 5.69 Å². The molecular formula is C11H9ClN4O3. The number of nitrogen functional groups attached to an aromatic ring is 1. The molecule has 0 unspecified atom stereocenters. The zero-order valence-corrected chi connectivity index (χ0v) is 10.6. The van der Waals surface area contributed by atoms with Gasteiger partial charge < -0.3 is 10.5 Å². The molecule has 0 saturated carbocycles. The SMILES string of the molecule is Cc1c(Oc2nc(N)ncc2Cl)cccc1[N+](=O)[O-]. The number of nitro groups is 1. The van der Waals surface area contributed by atoms with Crippen molar-refractivity contribution in [3.63, 3.8) is 0 Å². The van der Waals surface area contributed by atoms with Crippen LogP contribution in [0, 0.1) is 17.0 Å². The van der Waals surface area contributed by atoms with Gasteiger partial charge in [-0.15, -0.1) is 0 Å². The zero-order valence-electron chi connectivity index (χ0n) is 9.83. The number of benzene rings is 1. The molecule has 0 atom stereocenters. The summed E-state index contributed by atoms with van der Waals surface area (Å²) in [5.41, 5.74) is 5.76. The number of hydrogen-bond donors (Lipinski definition) is 1. The Morgan fingerprint density at radius 1 is 1.47 bits per heavy atom. The quantitative estimate of drug-likeness (QED) is 0.684. The van der Waals surface area contributed by atoms with Gasteiger partial charge in [-0.3, -0.25) is 10.1 Å². The number of nitrogens with two attached hydrogens (primary N) is 1. The summed E-state index contributed by atoms with van der Waals surface area (Å²) in [6.45, 7) is 1.58. The summed E-state index contributed by atoms with van der Waals surface area (Å²) < 4.78 is 5.44. The summed E-state index contributed by atoms with van der Waals surface area (Å²) in [7, 11) is 0. The van der Waals surface area contributed by atoms with Crippen molar-refractivity contribution in [1.29, 1.82) is 0 Å². The lowest BCUT2D eigenvalue weighted by atomic mass is 10.2. The Hall–Kier alpha value is -2.41. The van der Waals surface area contributed by atoms with Crippen molar-refractivity contribution in [2.24, 2.45) is 0 Å². The molecule has 98 valence electrons. The normalized spacial score (nSPS) is 10.2. The molecule has 0 aliphatic rings. The minimum atomic E-state index is -0.488. The highest BCUT2D eigenvalue weighted by Crippen LogP contribution is 2.32. The first kappa shape index (κ1) is 13.0. The van der Waals surface area contributed by atoms with Crippen LogP contribution in [0.4, 0.5) is 11.6 Å². The third kappa shape index (κ3) is 2.71. The van der Waals surface area contributed by atoms with Gasteiger partial charge in [-0.25, -0.2) is 4.98 Å². The van der Waals surface area contributed by atoms with Crippen LogP contribution in [0.2, 0.25) is 5.02 Å². The molecule has 0 aliphatic heterocycles. The van der Waals surface area contributed by atoms with Crippen LogP contribution in [0.15, 0.2) is 24.4 Å². The Balaban J connectivity index is 2.41. The predicted octanol–water partition coefficient (Wildman–Crippen LogP) is 2.72. The number of nitro benzene ring substituents is 1. The second-order valence-electron chi connectivity index (χ2n) is 3.64. The molecular weight excluding hydrogens is 272 g/mol. The lowest BCUT2D eigenvalue weighted by Crippen LogP contribution is -1.99. The lowest BCUT2D eigenvalue weighted by Gasteiger charge is -2.09. The lowest BCUT2D eigenvalue weighted by molar-refractivity contribution is -0.385. The van der Waals surface area contributed by atoms with E-state index in [1.54, 1.807) is 13.0 Å². The molecule has 8 heteroatoms. The first-order chi connectivity index (χ1) is 8.99. The van der Waals surface area contributed by atoms with Crippen molar-refractivity contribution < 1.29 is 9.66 Å². The number of nitrogens with zero attached hydrogens (tertiary/aromatic N) is 3. The molecule has 7 nitrogen and oxygen atoms in total. The monoisotopic (exact) mass is 280 g/mol. The van der Waals surface area contributed by atoms with E-state index in [4.69, 9.17) is 22.1 Å². The Morgan fingerprint density at radius 2 is 2.21 bits per heavy atom. The minimum absolute atomic E-state index is 0.00230. The fourth-order valence-electron chi connectivity index (χ4n) is 1.45. The van der Waals surface area contributed by atoms with E-state index in [9.17, 15) is 10.1 Å². The maximum Gasteiger partial charge on any atom is 0.276 e. The topological polar surface area (TPSA) is 104 Å². The Bertz CT molecular complexity index is 648. The molecule has 0 bridgehead atoms. The smallest absolute Gasteiger partial charge is 0.276 e. The molecule has 0 saturated heterocycles. The average Bonchev–Trinajstić information content (AvgIpc) is 2.36. The van der Waals surface area contributed by atoms with Gasteiger partial charge in [0.1, 0.15) is 10.8 Å². The standard InChI is InChI=1S/C11H9ClN4O3/c1-6-8(16(17)18)3-2-4-9(6)19-10-7(12)5-14-11(13)15-10/h2-5H,1H3,(H2,13,14,15). The fourth-order valence-corrected chi connectivity index (χ4v) is 1.58. The molecule has 0 radical (unpaired) electrons. The third-order valence-corrected chi connectivity index (χ3v) is 2.65. The molecule has 0 fully saturated rings. The van der Waals surface area contributed by atoms with Crippen LogP contribution >= 0.6 is 11.6 Å². The van der Waals surface area contributed by atoms with Crippen LogP contribution in [-0.4, -0.2) is 14.9 Å². The number of halogens is 1. The van der Waals surface area contributed by atoms with Gasteiger partial charge in [0, 0.05) is 6.07 Å². The van der Waals surface area contributed by atoms with Gasteiger partial charge in [0.2, 0.25) is 11.8 Å². The molecule has 2 aromatic rings. The molecule has 1 aromatic carbocycles. The summed E-state index contributed by atoms with van der Waals surface area (Å²) in [6, 6.07) is 4.48. The van der Waals surface area contributed by atoms with Gasteiger partial charge in [0.05, 0.1) is 16.7 Å². The largest absolute Gasteiger partial charge is 0.437 e. The molecule has 0 amide bonds. The van der Waals surface area contributed by atoms with Crippen molar-refractivity contribution in [3.05, 3.63) is 45.1 Å². The van der Waals surface area contributed by atoms with Crippen LogP contribution < -0.4 is 10.5 Å². The maximum absolute atomic E-state index is 10.8. The number of rotatable bonds is 3. The fraction of sp³-hybridized carbons (Fsp3) is 0.0909. The molecule has 2 N–H and O–H groups in total. The minimum Gasteiger partial charge on any atom is -0.437 e. The van der Waals surface area contributed by atoms with E-state index in [0.29, 0.717) is 5.56 Å². The molecule has 1 aromatic heterocycles. The van der Waals surface area contributed by atoms with Crippen molar-refractivity contribution in [1.82, 2.24) is 9.97 Å². The first-order valence-electron chi connectivity index (χ1n) is 5.19. The number of aromatic nitrogens is 2. The highest BCUT2D eigenvalue weighted by atomic mass is 35.5. The van der Waals surface area contributed by atoms with Gasteiger partial charge in [-0.2, -0.15) is 4.98 Å². The van der Waals surface area contributed by atoms with E-state index >= 15 is 0 Å². The molecule has 2 rings (SSSR count). The van der Waals surface area contributed by atoms with E-state index < -0.39 is 4.92 Å². The van der Waals surface area contributed by atoms with Crippen LogP contribution in [0.5, 0.6) is 11.6 Å². The summed E-state index contributed by atoms with van der Waals surface area (Å²) in [6.07, 6.45) is 1.30. The Kier molecular flexibility index (Phi) is 3.48. The van der Waals surface area contributed by atoms with E-state index in [0.717, 1.165) is 0 Å². The summed E-state index contributed by atoms with van der Waals surface area (Å²) >= 11 is 5.86. The number of hydrogen-bond acceptors (Lipinski definition) is 6. The molecule has 0 spiro atoms. The highest BCUT2D eigenvalue weighted by molar-refractivity contribution is 6.31. The van der Waals surface area contributed by atoms with Gasteiger partial charge in [-0.1, -0.05) is 17.7 Å². The Morgan fingerprint density at radius 3 is 2.89 bits per heavy atom. The number of ether oxygens (including phenoxy) is 1. The van der Waals surface area contributed by atoms with Gasteiger partial charge in [0.15, 0.2) is 0 Å². The van der Waals surface area contributed by atoms with Crippen molar-refractivity contribution in [2.45, 2.75) is 6.92 Å². The third-order valence-electron chi connectivity index (χ3n) is 2.39. The summed E-state index contributed by atoms with van der Waals surface area (Å²) in [5.74, 6) is 0.342. The zero-order chi connectivity index (χ0) is 14.0. The van der Waals surface area contributed by atoms with Crippen LogP contribution in [-0.2, 0) is 0 Å². The van der Waals surface area contributed by atoms with E-state index in [2.05, 4.69) is 9.97 Å². The second-order valence-corrected chi connectivity index (χ2v) is 4.05. The average molecular weight is 281 g/mol. The van der Waals surface area contributed by atoms with E-state index in [1.165, 1.54) is 18.3 Å². The first-order valence-corrected chi connectivity index (χ1v) is 5.56. The molecule has 19 heavy (non-hydrogen) atoms. The van der Waals surface area contributed by atoms with Crippen molar-refractivity contribution in [2.75, 3.05) is 5.73 Å². The predicted molar refractivity (Wildman–Crippen MR) is 69.4 cm³/mol. The molecule has 1 heterocycles. The van der Waals surface area contributed by atoms with E-state index in [-0.39, 0.29) is 28.3 Å². The summed E-state index contributed by atoms with van der Waals surface area (Å²) in [5, 5.41) is 11.0. The highest BCUT2D eigenvalue weighted by Gasteiger charge is 2.16.